The Balaban J connectivity index is 2.33. The van der Waals surface area contributed by atoms with Gasteiger partial charge in [0.25, 0.3) is 0 Å². The van der Waals surface area contributed by atoms with Gasteiger partial charge in [-0.1, -0.05) is 13.0 Å². The lowest BCUT2D eigenvalue weighted by Crippen LogP contribution is -2.33. The first-order chi connectivity index (χ1) is 9.02. The van der Waals surface area contributed by atoms with Crippen LogP contribution >= 0.6 is 0 Å². The number of likely N-dealkylation sites (N-methyl/N-ethyl adjacent to an activating group) is 1. The summed E-state index contributed by atoms with van der Waals surface area (Å²) in [6, 6.07) is 3.61. The number of ether oxygens (including phenoxy) is 1. The molecule has 3 heteroatoms. The molecule has 1 aromatic rings. The molecule has 3 unspecified atom stereocenters. The SMILES string of the molecule is CCNC(c1c(C)cc(C)cc1F)C1CCC(C)O1. The van der Waals surface area contributed by atoms with E-state index in [2.05, 4.69) is 12.2 Å². The summed E-state index contributed by atoms with van der Waals surface area (Å²) >= 11 is 0. The summed E-state index contributed by atoms with van der Waals surface area (Å²) in [5, 5.41) is 3.40. The number of hydrogen-bond donors (Lipinski definition) is 1. The van der Waals surface area contributed by atoms with Gasteiger partial charge in [0.15, 0.2) is 0 Å². The van der Waals surface area contributed by atoms with E-state index in [0.717, 1.165) is 36.1 Å². The molecule has 106 valence electrons. The van der Waals surface area contributed by atoms with Gasteiger partial charge in [-0.05, 0) is 57.4 Å². The number of benzene rings is 1. The highest BCUT2D eigenvalue weighted by molar-refractivity contribution is 5.35. The molecular weight excluding hydrogens is 241 g/mol. The lowest BCUT2D eigenvalue weighted by atomic mass is 9.93. The summed E-state index contributed by atoms with van der Waals surface area (Å²) in [6.45, 7) is 8.85. The van der Waals surface area contributed by atoms with E-state index in [-0.39, 0.29) is 24.1 Å². The van der Waals surface area contributed by atoms with Crippen LogP contribution in [0.4, 0.5) is 4.39 Å². The van der Waals surface area contributed by atoms with E-state index in [4.69, 9.17) is 4.74 Å². The predicted molar refractivity (Wildman–Crippen MR) is 75.9 cm³/mol. The molecule has 1 aliphatic rings. The number of hydrogen-bond acceptors (Lipinski definition) is 2. The summed E-state index contributed by atoms with van der Waals surface area (Å²) < 4.78 is 20.3. The smallest absolute Gasteiger partial charge is 0.128 e. The van der Waals surface area contributed by atoms with Crippen molar-refractivity contribution in [3.05, 3.63) is 34.6 Å². The molecule has 0 aromatic heterocycles. The minimum Gasteiger partial charge on any atom is -0.373 e. The van der Waals surface area contributed by atoms with E-state index >= 15 is 0 Å². The van der Waals surface area contributed by atoms with Crippen molar-refractivity contribution in [1.82, 2.24) is 5.32 Å². The molecule has 19 heavy (non-hydrogen) atoms. The first-order valence-corrected chi connectivity index (χ1v) is 7.18. The van der Waals surface area contributed by atoms with Gasteiger partial charge in [-0.15, -0.1) is 0 Å². The van der Waals surface area contributed by atoms with Gasteiger partial charge in [0.1, 0.15) is 5.82 Å². The van der Waals surface area contributed by atoms with E-state index in [1.165, 1.54) is 0 Å². The maximum Gasteiger partial charge on any atom is 0.128 e. The lowest BCUT2D eigenvalue weighted by molar-refractivity contribution is 0.0310. The summed E-state index contributed by atoms with van der Waals surface area (Å²) in [5.74, 6) is -0.119. The van der Waals surface area contributed by atoms with Crippen LogP contribution in [0.25, 0.3) is 0 Å². The standard InChI is InChI=1S/C16H24FNO/c1-5-18-16(14-7-6-12(4)19-14)15-11(3)8-10(2)9-13(15)17/h8-9,12,14,16,18H,5-7H2,1-4H3. The van der Waals surface area contributed by atoms with E-state index < -0.39 is 0 Å². The van der Waals surface area contributed by atoms with Crippen molar-refractivity contribution < 1.29 is 9.13 Å². The van der Waals surface area contributed by atoms with Crippen molar-refractivity contribution >= 4 is 0 Å². The fraction of sp³-hybridized carbons (Fsp3) is 0.625. The second kappa shape index (κ2) is 6.02. The zero-order valence-corrected chi connectivity index (χ0v) is 12.3. The average Bonchev–Trinajstić information content (AvgIpc) is 2.73. The molecule has 2 nitrogen and oxygen atoms in total. The highest BCUT2D eigenvalue weighted by Gasteiger charge is 2.32. The molecule has 1 heterocycles. The minimum atomic E-state index is -0.119. The fourth-order valence-corrected chi connectivity index (χ4v) is 3.04. The summed E-state index contributed by atoms with van der Waals surface area (Å²) in [5.41, 5.74) is 2.74. The second-order valence-electron chi connectivity index (χ2n) is 5.58. The molecule has 0 bridgehead atoms. The average molecular weight is 265 g/mol. The topological polar surface area (TPSA) is 21.3 Å². The highest BCUT2D eigenvalue weighted by Crippen LogP contribution is 2.33. The monoisotopic (exact) mass is 265 g/mol. The van der Waals surface area contributed by atoms with Crippen LogP contribution in [0.3, 0.4) is 0 Å². The van der Waals surface area contributed by atoms with Crippen molar-refractivity contribution in [1.29, 1.82) is 0 Å². The van der Waals surface area contributed by atoms with Gasteiger partial charge in [-0.3, -0.25) is 0 Å². The number of aryl methyl sites for hydroxylation is 2. The molecular formula is C16H24FNO. The number of nitrogens with one attached hydrogen (secondary N) is 1. The third kappa shape index (κ3) is 3.15. The second-order valence-corrected chi connectivity index (χ2v) is 5.58. The summed E-state index contributed by atoms with van der Waals surface area (Å²) in [7, 11) is 0. The third-order valence-corrected chi connectivity index (χ3v) is 3.85. The Labute approximate surface area is 115 Å². The van der Waals surface area contributed by atoms with E-state index in [1.807, 2.05) is 26.8 Å². The lowest BCUT2D eigenvalue weighted by Gasteiger charge is -2.27. The Morgan fingerprint density at radius 2 is 2.11 bits per heavy atom. The molecule has 1 fully saturated rings. The van der Waals surface area contributed by atoms with Crippen molar-refractivity contribution in [3.8, 4) is 0 Å². The van der Waals surface area contributed by atoms with Crippen LogP contribution in [-0.2, 0) is 4.74 Å². The van der Waals surface area contributed by atoms with Gasteiger partial charge in [0.05, 0.1) is 18.2 Å². The van der Waals surface area contributed by atoms with E-state index in [0.29, 0.717) is 0 Å². The fourth-order valence-electron chi connectivity index (χ4n) is 3.04. The minimum absolute atomic E-state index is 0.0458. The van der Waals surface area contributed by atoms with Crippen LogP contribution in [0.5, 0.6) is 0 Å². The van der Waals surface area contributed by atoms with Gasteiger partial charge in [-0.25, -0.2) is 4.39 Å². The summed E-state index contributed by atoms with van der Waals surface area (Å²) in [6.07, 6.45) is 2.40. The van der Waals surface area contributed by atoms with Crippen molar-refractivity contribution in [2.45, 2.75) is 58.8 Å². The molecule has 1 N–H and O–H groups in total. The van der Waals surface area contributed by atoms with Crippen LogP contribution in [0.1, 0.15) is 49.4 Å². The molecule has 0 amide bonds. The zero-order chi connectivity index (χ0) is 14.0. The van der Waals surface area contributed by atoms with Gasteiger partial charge < -0.3 is 10.1 Å². The van der Waals surface area contributed by atoms with Gasteiger partial charge >= 0.3 is 0 Å². The quantitative estimate of drug-likeness (QED) is 0.897. The van der Waals surface area contributed by atoms with Crippen LogP contribution in [-0.4, -0.2) is 18.8 Å². The zero-order valence-electron chi connectivity index (χ0n) is 12.3. The first-order valence-electron chi connectivity index (χ1n) is 7.18. The van der Waals surface area contributed by atoms with Crippen LogP contribution in [0.15, 0.2) is 12.1 Å². The molecule has 0 saturated carbocycles. The third-order valence-electron chi connectivity index (χ3n) is 3.85. The van der Waals surface area contributed by atoms with Crippen molar-refractivity contribution in [2.75, 3.05) is 6.54 Å². The van der Waals surface area contributed by atoms with E-state index in [1.54, 1.807) is 6.07 Å². The van der Waals surface area contributed by atoms with Gasteiger partial charge in [0.2, 0.25) is 0 Å². The molecule has 0 radical (unpaired) electrons. The molecule has 0 aliphatic carbocycles. The van der Waals surface area contributed by atoms with Gasteiger partial charge in [-0.2, -0.15) is 0 Å². The number of halogens is 1. The number of rotatable bonds is 4. The normalized spacial score (nSPS) is 24.7. The summed E-state index contributed by atoms with van der Waals surface area (Å²) in [4.78, 5) is 0. The Morgan fingerprint density at radius 3 is 2.63 bits per heavy atom. The Bertz CT molecular complexity index is 423. The Kier molecular flexibility index (Phi) is 4.58. The first kappa shape index (κ1) is 14.5. The largest absolute Gasteiger partial charge is 0.373 e. The van der Waals surface area contributed by atoms with Crippen molar-refractivity contribution in [3.63, 3.8) is 0 Å². The molecule has 3 atom stereocenters. The molecule has 0 spiro atoms. The van der Waals surface area contributed by atoms with Crippen LogP contribution in [0.2, 0.25) is 0 Å². The molecule has 1 aliphatic heterocycles. The predicted octanol–water partition coefficient (Wildman–Crippen LogP) is 3.66. The Morgan fingerprint density at radius 1 is 1.37 bits per heavy atom. The highest BCUT2D eigenvalue weighted by atomic mass is 19.1. The molecule has 1 saturated heterocycles. The maximum absolute atomic E-state index is 14.3. The molecule has 1 aromatic carbocycles. The van der Waals surface area contributed by atoms with E-state index in [9.17, 15) is 4.39 Å². The van der Waals surface area contributed by atoms with Crippen molar-refractivity contribution in [2.24, 2.45) is 0 Å². The Hall–Kier alpha value is -0.930. The van der Waals surface area contributed by atoms with Crippen LogP contribution < -0.4 is 5.32 Å². The molecule has 2 rings (SSSR count). The maximum atomic E-state index is 14.3. The van der Waals surface area contributed by atoms with Crippen LogP contribution in [0, 0.1) is 19.7 Å². The van der Waals surface area contributed by atoms with Gasteiger partial charge in [0, 0.05) is 5.56 Å².